The maximum atomic E-state index is 13.3. The van der Waals surface area contributed by atoms with E-state index in [1.54, 1.807) is 38.1 Å². The van der Waals surface area contributed by atoms with Crippen molar-refractivity contribution in [1.29, 1.82) is 0 Å². The summed E-state index contributed by atoms with van der Waals surface area (Å²) >= 11 is 6.24. The highest BCUT2D eigenvalue weighted by atomic mass is 35.5. The molecule has 0 bridgehead atoms. The average Bonchev–Trinajstić information content (AvgIpc) is 3.57. The Balaban J connectivity index is 1.58. The number of ether oxygens (including phenoxy) is 1. The molecular weight excluding hydrogens is 466 g/mol. The van der Waals surface area contributed by atoms with E-state index in [0.717, 1.165) is 12.8 Å². The van der Waals surface area contributed by atoms with Gasteiger partial charge >= 0.3 is 0 Å². The second-order valence-electron chi connectivity index (χ2n) is 8.47. The number of carbonyl (C=O) groups excluding carboxylic acids is 2. The molecule has 2 fully saturated rings. The van der Waals surface area contributed by atoms with Crippen LogP contribution in [0.3, 0.4) is 0 Å². The first-order chi connectivity index (χ1) is 15.6. The van der Waals surface area contributed by atoms with Crippen molar-refractivity contribution < 1.29 is 22.7 Å². The molecule has 4 rings (SSSR count). The summed E-state index contributed by atoms with van der Waals surface area (Å²) in [5.74, 6) is -0.804. The summed E-state index contributed by atoms with van der Waals surface area (Å²) in [5, 5.41) is 5.65. The Bertz CT molecular complexity index is 1170. The van der Waals surface area contributed by atoms with E-state index in [2.05, 4.69) is 10.6 Å². The molecule has 1 aliphatic heterocycles. The van der Waals surface area contributed by atoms with E-state index < -0.39 is 15.9 Å². The number of para-hydroxylation sites is 1. The van der Waals surface area contributed by atoms with Crippen molar-refractivity contribution in [3.8, 4) is 0 Å². The van der Waals surface area contributed by atoms with Gasteiger partial charge in [-0.25, -0.2) is 8.42 Å². The number of rotatable bonds is 6. The lowest BCUT2D eigenvalue weighted by molar-refractivity contribution is -0.0440. The van der Waals surface area contributed by atoms with Crippen LogP contribution in [0.5, 0.6) is 0 Å². The summed E-state index contributed by atoms with van der Waals surface area (Å²) in [7, 11) is -3.94. The first-order valence-corrected chi connectivity index (χ1v) is 12.6. The molecule has 2 aliphatic rings. The molecule has 1 heterocycles. The molecule has 2 aromatic rings. The predicted molar refractivity (Wildman–Crippen MR) is 125 cm³/mol. The van der Waals surface area contributed by atoms with Gasteiger partial charge in [0, 0.05) is 24.7 Å². The highest BCUT2D eigenvalue weighted by Gasteiger charge is 2.34. The molecule has 0 aromatic heterocycles. The number of carbonyl (C=O) groups is 2. The summed E-state index contributed by atoms with van der Waals surface area (Å²) < 4.78 is 33.5. The monoisotopic (exact) mass is 491 g/mol. The van der Waals surface area contributed by atoms with Gasteiger partial charge in [-0.05, 0) is 57.0 Å². The van der Waals surface area contributed by atoms with E-state index in [1.165, 1.54) is 22.5 Å². The van der Waals surface area contributed by atoms with Crippen LogP contribution in [-0.4, -0.2) is 55.9 Å². The fourth-order valence-electron chi connectivity index (χ4n) is 3.78. The van der Waals surface area contributed by atoms with Gasteiger partial charge in [0.25, 0.3) is 11.8 Å². The fourth-order valence-corrected chi connectivity index (χ4v) is 5.87. The Morgan fingerprint density at radius 3 is 2.36 bits per heavy atom. The largest absolute Gasteiger partial charge is 0.373 e. The molecule has 1 saturated carbocycles. The van der Waals surface area contributed by atoms with Crippen molar-refractivity contribution in [1.82, 2.24) is 9.62 Å². The molecule has 2 aromatic carbocycles. The molecule has 1 saturated heterocycles. The predicted octanol–water partition coefficient (Wildman–Crippen LogP) is 3.28. The average molecular weight is 492 g/mol. The fraction of sp³-hybridized carbons (Fsp3) is 0.391. The number of halogens is 1. The van der Waals surface area contributed by atoms with Crippen molar-refractivity contribution in [2.75, 3.05) is 18.4 Å². The molecule has 2 N–H and O–H groups in total. The van der Waals surface area contributed by atoms with E-state index in [9.17, 15) is 18.0 Å². The van der Waals surface area contributed by atoms with Crippen LogP contribution >= 0.6 is 11.6 Å². The molecule has 1 aliphatic carbocycles. The number of sulfonamides is 1. The topological polar surface area (TPSA) is 105 Å². The third kappa shape index (κ3) is 5.38. The van der Waals surface area contributed by atoms with E-state index in [1.807, 2.05) is 0 Å². The van der Waals surface area contributed by atoms with Gasteiger partial charge in [0.15, 0.2) is 0 Å². The van der Waals surface area contributed by atoms with Crippen LogP contribution in [0.1, 0.15) is 47.4 Å². The number of hydrogen-bond acceptors (Lipinski definition) is 5. The Labute approximate surface area is 198 Å². The molecule has 0 spiro atoms. The van der Waals surface area contributed by atoms with Gasteiger partial charge in [0.2, 0.25) is 10.0 Å². The Hall–Kier alpha value is -2.46. The molecule has 33 heavy (non-hydrogen) atoms. The maximum absolute atomic E-state index is 13.3. The lowest BCUT2D eigenvalue weighted by Gasteiger charge is -2.34. The van der Waals surface area contributed by atoms with Gasteiger partial charge in [-0.3, -0.25) is 9.59 Å². The van der Waals surface area contributed by atoms with Gasteiger partial charge in [0.1, 0.15) is 4.90 Å². The van der Waals surface area contributed by atoms with Gasteiger partial charge in [-0.1, -0.05) is 23.7 Å². The van der Waals surface area contributed by atoms with Crippen LogP contribution in [0, 0.1) is 0 Å². The van der Waals surface area contributed by atoms with Crippen molar-refractivity contribution >= 4 is 39.1 Å². The third-order valence-corrected chi connectivity index (χ3v) is 7.84. The SMILES string of the molecule is CC1CN(S(=O)(=O)c2cc(C(=O)Nc3ccccc3C(=O)NC3CC3)ccc2Cl)CC(C)O1. The maximum Gasteiger partial charge on any atom is 0.255 e. The lowest BCUT2D eigenvalue weighted by atomic mass is 10.1. The number of anilines is 1. The second-order valence-corrected chi connectivity index (χ2v) is 10.8. The molecule has 8 nitrogen and oxygen atoms in total. The second kappa shape index (κ2) is 9.42. The van der Waals surface area contributed by atoms with E-state index in [4.69, 9.17) is 16.3 Å². The van der Waals surface area contributed by atoms with Gasteiger partial charge in [-0.15, -0.1) is 0 Å². The normalized spacial score (nSPS) is 21.4. The zero-order valence-corrected chi connectivity index (χ0v) is 19.9. The van der Waals surface area contributed by atoms with Gasteiger partial charge in [-0.2, -0.15) is 4.31 Å². The molecule has 2 unspecified atom stereocenters. The van der Waals surface area contributed by atoms with Gasteiger partial charge in [0.05, 0.1) is 28.5 Å². The van der Waals surface area contributed by atoms with Gasteiger partial charge < -0.3 is 15.4 Å². The summed E-state index contributed by atoms with van der Waals surface area (Å²) in [6, 6.07) is 11.0. The number of nitrogens with one attached hydrogen (secondary N) is 2. The molecule has 176 valence electrons. The van der Waals surface area contributed by atoms with Crippen LogP contribution in [0.2, 0.25) is 5.02 Å². The smallest absolute Gasteiger partial charge is 0.255 e. The summed E-state index contributed by atoms with van der Waals surface area (Å²) in [4.78, 5) is 25.4. The number of amides is 2. The number of hydrogen-bond donors (Lipinski definition) is 2. The Morgan fingerprint density at radius 2 is 1.70 bits per heavy atom. The summed E-state index contributed by atoms with van der Waals surface area (Å²) in [6.07, 6.45) is 1.38. The molecular formula is C23H26ClN3O5S. The highest BCUT2D eigenvalue weighted by Crippen LogP contribution is 2.29. The summed E-state index contributed by atoms with van der Waals surface area (Å²) in [6.45, 7) is 4.01. The molecule has 10 heteroatoms. The van der Waals surface area contributed by atoms with Crippen LogP contribution in [0.25, 0.3) is 0 Å². The van der Waals surface area contributed by atoms with Crippen molar-refractivity contribution in [2.24, 2.45) is 0 Å². The van der Waals surface area contributed by atoms with Crippen LogP contribution in [0.15, 0.2) is 47.4 Å². The lowest BCUT2D eigenvalue weighted by Crippen LogP contribution is -2.48. The molecule has 0 radical (unpaired) electrons. The number of nitrogens with zero attached hydrogens (tertiary/aromatic N) is 1. The third-order valence-electron chi connectivity index (χ3n) is 5.53. The minimum absolute atomic E-state index is 0.0301. The molecule has 2 amide bonds. The van der Waals surface area contributed by atoms with Crippen molar-refractivity contribution in [3.63, 3.8) is 0 Å². The van der Waals surface area contributed by atoms with E-state index in [-0.39, 0.29) is 52.7 Å². The van der Waals surface area contributed by atoms with Crippen molar-refractivity contribution in [3.05, 3.63) is 58.6 Å². The van der Waals surface area contributed by atoms with Crippen LogP contribution in [0.4, 0.5) is 5.69 Å². The minimum atomic E-state index is -3.94. The van der Waals surface area contributed by atoms with E-state index in [0.29, 0.717) is 11.3 Å². The first-order valence-electron chi connectivity index (χ1n) is 10.8. The minimum Gasteiger partial charge on any atom is -0.373 e. The zero-order chi connectivity index (χ0) is 23.8. The van der Waals surface area contributed by atoms with Crippen molar-refractivity contribution in [2.45, 2.75) is 49.8 Å². The zero-order valence-electron chi connectivity index (χ0n) is 18.4. The highest BCUT2D eigenvalue weighted by molar-refractivity contribution is 7.89. The summed E-state index contributed by atoms with van der Waals surface area (Å²) in [5.41, 5.74) is 0.802. The number of morpholine rings is 1. The van der Waals surface area contributed by atoms with Crippen LogP contribution in [-0.2, 0) is 14.8 Å². The quantitative estimate of drug-likeness (QED) is 0.645. The number of benzene rings is 2. The Morgan fingerprint density at radius 1 is 1.03 bits per heavy atom. The van der Waals surface area contributed by atoms with E-state index >= 15 is 0 Å². The van der Waals surface area contributed by atoms with Crippen LogP contribution < -0.4 is 10.6 Å². The Kier molecular flexibility index (Phi) is 6.76. The molecule has 2 atom stereocenters. The first kappa shape index (κ1) is 23.7. The standard InChI is InChI=1S/C23H26ClN3O5S/c1-14-12-27(13-15(2)32-14)33(30,31)21-11-16(7-10-19(21)24)22(28)26-20-6-4-3-5-18(20)23(29)25-17-8-9-17/h3-7,10-11,14-15,17H,8-9,12-13H2,1-2H3,(H,25,29)(H,26,28).